The fraction of sp³-hybridized carbons (Fsp3) is 0. The van der Waals surface area contributed by atoms with Crippen LogP contribution in [0.25, 0.3) is 0 Å². The van der Waals surface area contributed by atoms with Crippen LogP contribution in [-0.4, -0.2) is 17.3 Å². The molecule has 0 amide bonds. The second kappa shape index (κ2) is 6.16. The lowest BCUT2D eigenvalue weighted by molar-refractivity contribution is 0.0697. The van der Waals surface area contributed by atoms with Crippen LogP contribution in [0.4, 0.5) is 10.1 Å². The summed E-state index contributed by atoms with van der Waals surface area (Å²) < 4.78 is 13.3. The van der Waals surface area contributed by atoms with Crippen molar-refractivity contribution in [2.24, 2.45) is 5.10 Å². The number of aromatic carboxylic acids is 1. The number of carboxylic acid groups (broad SMARTS) is 1. The van der Waals surface area contributed by atoms with Crippen molar-refractivity contribution >= 4 is 29.5 Å². The minimum atomic E-state index is -1.13. The Bertz CT molecular complexity index is 674. The molecule has 2 aromatic rings. The van der Waals surface area contributed by atoms with E-state index in [1.807, 2.05) is 0 Å². The summed E-state index contributed by atoms with van der Waals surface area (Å²) in [4.78, 5) is 10.9. The molecule has 0 aliphatic heterocycles. The maximum Gasteiger partial charge on any atom is 0.337 e. The molecule has 2 aromatic carbocycles. The van der Waals surface area contributed by atoms with E-state index in [4.69, 9.17) is 16.7 Å². The van der Waals surface area contributed by atoms with Gasteiger partial charge in [0.15, 0.2) is 0 Å². The Labute approximate surface area is 119 Å². The first kappa shape index (κ1) is 14.0. The van der Waals surface area contributed by atoms with Gasteiger partial charge in [0.05, 0.1) is 22.5 Å². The topological polar surface area (TPSA) is 61.7 Å². The molecule has 2 rings (SSSR count). The fourth-order valence-electron chi connectivity index (χ4n) is 1.51. The van der Waals surface area contributed by atoms with Crippen LogP contribution in [0.5, 0.6) is 0 Å². The summed E-state index contributed by atoms with van der Waals surface area (Å²) >= 11 is 5.75. The van der Waals surface area contributed by atoms with E-state index in [0.717, 1.165) is 0 Å². The fourth-order valence-corrected chi connectivity index (χ4v) is 1.71. The SMILES string of the molecule is O=C(O)c1cc(N/N=C/c2ccccc2F)ccc1Cl. The van der Waals surface area contributed by atoms with E-state index in [1.54, 1.807) is 24.3 Å². The van der Waals surface area contributed by atoms with Gasteiger partial charge in [-0.2, -0.15) is 5.10 Å². The van der Waals surface area contributed by atoms with Gasteiger partial charge in [-0.1, -0.05) is 29.8 Å². The lowest BCUT2D eigenvalue weighted by Crippen LogP contribution is -1.99. The smallest absolute Gasteiger partial charge is 0.337 e. The summed E-state index contributed by atoms with van der Waals surface area (Å²) in [6.07, 6.45) is 1.31. The van der Waals surface area contributed by atoms with Gasteiger partial charge in [-0.3, -0.25) is 5.43 Å². The van der Waals surface area contributed by atoms with E-state index in [1.165, 1.54) is 24.4 Å². The minimum absolute atomic E-state index is 0.0299. The van der Waals surface area contributed by atoms with Gasteiger partial charge in [0, 0.05) is 5.56 Å². The van der Waals surface area contributed by atoms with Gasteiger partial charge in [0.1, 0.15) is 5.82 Å². The largest absolute Gasteiger partial charge is 0.478 e. The molecule has 0 atom stereocenters. The number of halogens is 2. The molecular weight excluding hydrogens is 283 g/mol. The van der Waals surface area contributed by atoms with Gasteiger partial charge in [-0.05, 0) is 24.3 Å². The number of anilines is 1. The third-order valence-electron chi connectivity index (χ3n) is 2.50. The van der Waals surface area contributed by atoms with Crippen molar-refractivity contribution in [1.82, 2.24) is 0 Å². The summed E-state index contributed by atoms with van der Waals surface area (Å²) in [6, 6.07) is 10.5. The van der Waals surface area contributed by atoms with Crippen LogP contribution in [0.2, 0.25) is 5.02 Å². The van der Waals surface area contributed by atoms with Gasteiger partial charge in [0.25, 0.3) is 0 Å². The number of carbonyl (C=O) groups is 1. The summed E-state index contributed by atoms with van der Waals surface area (Å²) in [7, 11) is 0. The van der Waals surface area contributed by atoms with E-state index in [0.29, 0.717) is 11.3 Å². The quantitative estimate of drug-likeness (QED) is 0.668. The average Bonchev–Trinajstić information content (AvgIpc) is 2.42. The molecule has 0 aromatic heterocycles. The number of hydrazone groups is 1. The molecule has 0 aliphatic carbocycles. The monoisotopic (exact) mass is 292 g/mol. The summed E-state index contributed by atoms with van der Waals surface area (Å²) in [5.41, 5.74) is 3.36. The molecule has 0 bridgehead atoms. The van der Waals surface area contributed by atoms with E-state index < -0.39 is 5.97 Å². The van der Waals surface area contributed by atoms with Crippen molar-refractivity contribution in [3.05, 3.63) is 64.4 Å². The van der Waals surface area contributed by atoms with Crippen LogP contribution < -0.4 is 5.43 Å². The molecule has 4 nitrogen and oxygen atoms in total. The van der Waals surface area contributed by atoms with Crippen molar-refractivity contribution in [3.8, 4) is 0 Å². The number of nitrogens with zero attached hydrogens (tertiary/aromatic N) is 1. The Morgan fingerprint density at radius 1 is 1.30 bits per heavy atom. The first-order valence-corrected chi connectivity index (χ1v) is 6.02. The molecular formula is C14H10ClFN2O2. The van der Waals surface area contributed by atoms with Crippen molar-refractivity contribution in [2.45, 2.75) is 0 Å². The van der Waals surface area contributed by atoms with E-state index in [2.05, 4.69) is 10.5 Å². The van der Waals surface area contributed by atoms with Crippen molar-refractivity contribution in [2.75, 3.05) is 5.43 Å². The molecule has 0 unspecified atom stereocenters. The number of hydrogen-bond donors (Lipinski definition) is 2. The van der Waals surface area contributed by atoms with Gasteiger partial charge in [-0.25, -0.2) is 9.18 Å². The third kappa shape index (κ3) is 3.33. The number of carboxylic acids is 1. The van der Waals surface area contributed by atoms with E-state index >= 15 is 0 Å². The highest BCUT2D eigenvalue weighted by Crippen LogP contribution is 2.20. The second-order valence-corrected chi connectivity index (χ2v) is 4.30. The molecule has 0 spiro atoms. The Morgan fingerprint density at radius 2 is 2.05 bits per heavy atom. The molecule has 0 heterocycles. The lowest BCUT2D eigenvalue weighted by atomic mass is 10.2. The first-order valence-electron chi connectivity index (χ1n) is 5.64. The predicted octanol–water partition coefficient (Wildman–Crippen LogP) is 3.62. The van der Waals surface area contributed by atoms with Crippen LogP contribution in [0.15, 0.2) is 47.6 Å². The van der Waals surface area contributed by atoms with E-state index in [9.17, 15) is 9.18 Å². The lowest BCUT2D eigenvalue weighted by Gasteiger charge is -2.03. The Kier molecular flexibility index (Phi) is 4.32. The zero-order chi connectivity index (χ0) is 14.5. The third-order valence-corrected chi connectivity index (χ3v) is 2.83. The van der Waals surface area contributed by atoms with Gasteiger partial charge < -0.3 is 5.11 Å². The Morgan fingerprint density at radius 3 is 2.75 bits per heavy atom. The number of rotatable bonds is 4. The maximum absolute atomic E-state index is 13.3. The van der Waals surface area contributed by atoms with Crippen molar-refractivity contribution < 1.29 is 14.3 Å². The number of benzene rings is 2. The Balaban J connectivity index is 2.14. The molecule has 6 heteroatoms. The zero-order valence-electron chi connectivity index (χ0n) is 10.2. The molecule has 0 aliphatic rings. The van der Waals surface area contributed by atoms with Crippen LogP contribution in [0, 0.1) is 5.82 Å². The molecule has 2 N–H and O–H groups in total. The summed E-state index contributed by atoms with van der Waals surface area (Å²) in [6.45, 7) is 0. The normalized spacial score (nSPS) is 10.7. The van der Waals surface area contributed by atoms with Gasteiger partial charge >= 0.3 is 5.97 Å². The second-order valence-electron chi connectivity index (χ2n) is 3.89. The first-order chi connectivity index (χ1) is 9.58. The predicted molar refractivity (Wildman–Crippen MR) is 76.0 cm³/mol. The standard InChI is InChI=1S/C14H10ClFN2O2/c15-12-6-5-10(7-11(12)14(19)20)18-17-8-9-3-1-2-4-13(9)16/h1-8,18H,(H,19,20)/b17-8+. The Hall–Kier alpha value is -2.40. The summed E-state index contributed by atoms with van der Waals surface area (Å²) in [5.74, 6) is -1.52. The highest BCUT2D eigenvalue weighted by molar-refractivity contribution is 6.33. The van der Waals surface area contributed by atoms with Gasteiger partial charge in [0.2, 0.25) is 0 Å². The molecule has 102 valence electrons. The van der Waals surface area contributed by atoms with Crippen LogP contribution in [0.1, 0.15) is 15.9 Å². The zero-order valence-corrected chi connectivity index (χ0v) is 10.9. The maximum atomic E-state index is 13.3. The molecule has 0 saturated carbocycles. The highest BCUT2D eigenvalue weighted by Gasteiger charge is 2.08. The summed E-state index contributed by atoms with van der Waals surface area (Å²) in [5, 5.41) is 12.9. The van der Waals surface area contributed by atoms with E-state index in [-0.39, 0.29) is 16.4 Å². The molecule has 0 fully saturated rings. The average molecular weight is 293 g/mol. The van der Waals surface area contributed by atoms with Crippen molar-refractivity contribution in [3.63, 3.8) is 0 Å². The van der Waals surface area contributed by atoms with Gasteiger partial charge in [-0.15, -0.1) is 0 Å². The van der Waals surface area contributed by atoms with Crippen molar-refractivity contribution in [1.29, 1.82) is 0 Å². The number of hydrogen-bond acceptors (Lipinski definition) is 3. The highest BCUT2D eigenvalue weighted by atomic mass is 35.5. The van der Waals surface area contributed by atoms with Crippen LogP contribution >= 0.6 is 11.6 Å². The molecule has 0 radical (unpaired) electrons. The molecule has 20 heavy (non-hydrogen) atoms. The number of nitrogens with one attached hydrogen (secondary N) is 1. The minimum Gasteiger partial charge on any atom is -0.478 e. The van der Waals surface area contributed by atoms with Crippen LogP contribution in [-0.2, 0) is 0 Å². The van der Waals surface area contributed by atoms with Crippen LogP contribution in [0.3, 0.4) is 0 Å². The molecule has 0 saturated heterocycles.